The lowest BCUT2D eigenvalue weighted by Crippen LogP contribution is -2.41. The monoisotopic (exact) mass is 503 g/mol. The van der Waals surface area contributed by atoms with Gasteiger partial charge in [0.25, 0.3) is 5.91 Å². The topological polar surface area (TPSA) is 108 Å². The molecule has 0 bridgehead atoms. The molecule has 1 aliphatic heterocycles. The number of nitrogens with one attached hydrogen (secondary N) is 3. The van der Waals surface area contributed by atoms with Crippen molar-refractivity contribution in [3.63, 3.8) is 0 Å². The lowest BCUT2D eigenvalue weighted by molar-refractivity contribution is 0.0383. The molecule has 9 nitrogen and oxygen atoms in total. The van der Waals surface area contributed by atoms with Gasteiger partial charge in [0.1, 0.15) is 5.82 Å². The summed E-state index contributed by atoms with van der Waals surface area (Å²) in [6.45, 7) is 6.87. The lowest BCUT2D eigenvalue weighted by atomic mass is 10.2. The largest absolute Gasteiger partial charge is 0.379 e. The fourth-order valence-electron chi connectivity index (χ4n) is 3.96. The first-order valence-electron chi connectivity index (χ1n) is 12.1. The van der Waals surface area contributed by atoms with Crippen molar-refractivity contribution in [2.75, 3.05) is 44.7 Å². The van der Waals surface area contributed by atoms with Crippen LogP contribution in [0.3, 0.4) is 0 Å². The van der Waals surface area contributed by atoms with Gasteiger partial charge < -0.3 is 15.4 Å². The number of para-hydroxylation sites is 1. The number of amides is 1. The average molecular weight is 504 g/mol. The van der Waals surface area contributed by atoms with Gasteiger partial charge in [-0.1, -0.05) is 19.1 Å². The first-order valence-corrected chi connectivity index (χ1v) is 12.9. The standard InChI is InChI=1S/C26H29N7O2S/c1-2-19-17-23(32-31-19)29-24-21-5-3-4-6-22(21)28-26(30-24)36-20-9-7-18(8-10-20)25(34)27-11-12-33-13-15-35-16-14-33/h3-10,17H,2,11-16H2,1H3,(H,27,34)(H2,28,29,30,31,32). The van der Waals surface area contributed by atoms with Gasteiger partial charge >= 0.3 is 0 Å². The number of rotatable bonds is 9. The van der Waals surface area contributed by atoms with Crippen LogP contribution in [0.15, 0.2) is 64.6 Å². The Bertz CT molecular complexity index is 1320. The summed E-state index contributed by atoms with van der Waals surface area (Å²) >= 11 is 1.45. The molecule has 0 radical (unpaired) electrons. The van der Waals surface area contributed by atoms with E-state index in [1.807, 2.05) is 54.6 Å². The number of carbonyl (C=O) groups excluding carboxylic acids is 1. The van der Waals surface area contributed by atoms with Gasteiger partial charge in [0.15, 0.2) is 11.0 Å². The van der Waals surface area contributed by atoms with Crippen LogP contribution in [-0.4, -0.2) is 70.4 Å². The summed E-state index contributed by atoms with van der Waals surface area (Å²) in [6, 6.07) is 17.4. The number of H-pyrrole nitrogens is 1. The first kappa shape index (κ1) is 24.2. The number of benzene rings is 2. The summed E-state index contributed by atoms with van der Waals surface area (Å²) in [5.74, 6) is 1.35. The minimum absolute atomic E-state index is 0.0706. The second-order valence-corrected chi connectivity index (χ2v) is 9.51. The highest BCUT2D eigenvalue weighted by Gasteiger charge is 2.13. The van der Waals surface area contributed by atoms with Crippen LogP contribution in [0.1, 0.15) is 23.0 Å². The van der Waals surface area contributed by atoms with Crippen LogP contribution in [0.4, 0.5) is 11.6 Å². The number of anilines is 2. The Morgan fingerprint density at radius 3 is 2.69 bits per heavy atom. The molecule has 36 heavy (non-hydrogen) atoms. The number of aromatic nitrogens is 4. The molecule has 1 aliphatic rings. The molecule has 4 aromatic rings. The molecule has 10 heteroatoms. The van der Waals surface area contributed by atoms with Crippen molar-refractivity contribution < 1.29 is 9.53 Å². The maximum Gasteiger partial charge on any atom is 0.251 e. The lowest BCUT2D eigenvalue weighted by Gasteiger charge is -2.26. The fourth-order valence-corrected chi connectivity index (χ4v) is 4.72. The third-order valence-electron chi connectivity index (χ3n) is 5.98. The van der Waals surface area contributed by atoms with E-state index in [1.54, 1.807) is 0 Å². The van der Waals surface area contributed by atoms with Gasteiger partial charge in [0, 0.05) is 53.8 Å². The van der Waals surface area contributed by atoms with E-state index in [1.165, 1.54) is 11.8 Å². The van der Waals surface area contributed by atoms with E-state index in [0.717, 1.165) is 66.6 Å². The molecule has 0 unspecified atom stereocenters. The Balaban J connectivity index is 1.25. The van der Waals surface area contributed by atoms with Gasteiger partial charge in [-0.3, -0.25) is 14.8 Å². The third kappa shape index (κ3) is 6.01. The predicted molar refractivity (Wildman–Crippen MR) is 141 cm³/mol. The first-order chi connectivity index (χ1) is 17.7. The normalized spacial score (nSPS) is 14.1. The van der Waals surface area contributed by atoms with Crippen molar-refractivity contribution in [1.82, 2.24) is 30.4 Å². The molecule has 3 N–H and O–H groups in total. The summed E-state index contributed by atoms with van der Waals surface area (Å²) in [6.07, 6.45) is 0.877. The highest BCUT2D eigenvalue weighted by molar-refractivity contribution is 7.99. The third-order valence-corrected chi connectivity index (χ3v) is 6.86. The number of aryl methyl sites for hydroxylation is 1. The molecule has 5 rings (SSSR count). The number of hydrogen-bond donors (Lipinski definition) is 3. The SMILES string of the molecule is CCc1cc(Nc2nc(Sc3ccc(C(=O)NCCN4CCOCC4)cc3)nc3ccccc23)n[nH]1. The van der Waals surface area contributed by atoms with Gasteiger partial charge in [-0.25, -0.2) is 9.97 Å². The van der Waals surface area contributed by atoms with Crippen molar-refractivity contribution in [3.8, 4) is 0 Å². The number of fused-ring (bicyclic) bond motifs is 1. The molecule has 2 aromatic heterocycles. The Morgan fingerprint density at radius 2 is 1.92 bits per heavy atom. The van der Waals surface area contributed by atoms with Crippen LogP contribution in [0, 0.1) is 0 Å². The van der Waals surface area contributed by atoms with Gasteiger partial charge in [0.2, 0.25) is 0 Å². The van der Waals surface area contributed by atoms with Crippen molar-refractivity contribution >= 4 is 40.2 Å². The van der Waals surface area contributed by atoms with Crippen molar-refractivity contribution in [1.29, 1.82) is 0 Å². The van der Waals surface area contributed by atoms with E-state index in [9.17, 15) is 4.79 Å². The Morgan fingerprint density at radius 1 is 1.11 bits per heavy atom. The van der Waals surface area contributed by atoms with Gasteiger partial charge in [-0.2, -0.15) is 5.10 Å². The van der Waals surface area contributed by atoms with E-state index in [2.05, 4.69) is 32.7 Å². The summed E-state index contributed by atoms with van der Waals surface area (Å²) in [4.78, 5) is 25.3. The highest BCUT2D eigenvalue weighted by Crippen LogP contribution is 2.30. The molecule has 0 atom stereocenters. The second kappa shape index (κ2) is 11.5. The predicted octanol–water partition coefficient (Wildman–Crippen LogP) is 3.87. The quantitative estimate of drug-likeness (QED) is 0.296. The molecule has 1 amide bonds. The van der Waals surface area contributed by atoms with E-state index in [0.29, 0.717) is 23.1 Å². The molecule has 186 valence electrons. The Hall–Kier alpha value is -3.47. The van der Waals surface area contributed by atoms with Crippen LogP contribution >= 0.6 is 11.8 Å². The van der Waals surface area contributed by atoms with Crippen molar-refractivity contribution in [2.45, 2.75) is 23.4 Å². The maximum atomic E-state index is 12.5. The van der Waals surface area contributed by atoms with Crippen LogP contribution < -0.4 is 10.6 Å². The smallest absolute Gasteiger partial charge is 0.251 e. The van der Waals surface area contributed by atoms with Crippen LogP contribution in [0.5, 0.6) is 0 Å². The zero-order valence-corrected chi connectivity index (χ0v) is 21.0. The molecular formula is C26H29N7O2S. The summed E-state index contributed by atoms with van der Waals surface area (Å²) in [5, 5.41) is 15.2. The zero-order chi connectivity index (χ0) is 24.7. The molecule has 0 saturated carbocycles. The van der Waals surface area contributed by atoms with E-state index in [4.69, 9.17) is 14.7 Å². The minimum atomic E-state index is -0.0706. The number of hydrogen-bond acceptors (Lipinski definition) is 8. The molecule has 3 heterocycles. The van der Waals surface area contributed by atoms with Gasteiger partial charge in [-0.15, -0.1) is 0 Å². The van der Waals surface area contributed by atoms with E-state index < -0.39 is 0 Å². The molecule has 1 fully saturated rings. The van der Waals surface area contributed by atoms with Crippen LogP contribution in [0.25, 0.3) is 10.9 Å². The van der Waals surface area contributed by atoms with Crippen LogP contribution in [-0.2, 0) is 11.2 Å². The number of morpholine rings is 1. The summed E-state index contributed by atoms with van der Waals surface area (Å²) in [5.41, 5.74) is 2.53. The van der Waals surface area contributed by atoms with E-state index >= 15 is 0 Å². The zero-order valence-electron chi connectivity index (χ0n) is 20.2. The van der Waals surface area contributed by atoms with Gasteiger partial charge in [-0.05, 0) is 54.6 Å². The Labute approximate surface area is 214 Å². The molecular weight excluding hydrogens is 474 g/mol. The maximum absolute atomic E-state index is 12.5. The molecule has 0 aliphatic carbocycles. The number of aromatic amines is 1. The van der Waals surface area contributed by atoms with Crippen molar-refractivity contribution in [3.05, 3.63) is 65.9 Å². The minimum Gasteiger partial charge on any atom is -0.379 e. The number of ether oxygens (including phenoxy) is 1. The van der Waals surface area contributed by atoms with Crippen molar-refractivity contribution in [2.24, 2.45) is 0 Å². The highest BCUT2D eigenvalue weighted by atomic mass is 32.2. The average Bonchev–Trinajstić information content (AvgIpc) is 3.37. The summed E-state index contributed by atoms with van der Waals surface area (Å²) in [7, 11) is 0. The van der Waals surface area contributed by atoms with E-state index in [-0.39, 0.29) is 5.91 Å². The number of carbonyl (C=O) groups is 1. The molecule has 2 aromatic carbocycles. The van der Waals surface area contributed by atoms with Gasteiger partial charge in [0.05, 0.1) is 18.7 Å². The number of nitrogens with zero attached hydrogens (tertiary/aromatic N) is 4. The summed E-state index contributed by atoms with van der Waals surface area (Å²) < 4.78 is 5.36. The second-order valence-electron chi connectivity index (χ2n) is 8.47. The fraction of sp³-hybridized carbons (Fsp3) is 0.308. The molecule has 0 spiro atoms. The Kier molecular flexibility index (Phi) is 7.75. The molecule has 1 saturated heterocycles. The van der Waals surface area contributed by atoms with Crippen LogP contribution in [0.2, 0.25) is 0 Å².